The lowest BCUT2D eigenvalue weighted by atomic mass is 10.2. The van der Waals surface area contributed by atoms with Gasteiger partial charge in [-0.05, 0) is 26.0 Å². The number of sulfonamides is 1. The summed E-state index contributed by atoms with van der Waals surface area (Å²) in [5, 5.41) is 4.52. The average Bonchev–Trinajstić information content (AvgIpc) is 2.78. The lowest BCUT2D eigenvalue weighted by molar-refractivity contribution is 0.390. The molecule has 0 aliphatic rings. The van der Waals surface area contributed by atoms with Gasteiger partial charge in [-0.2, -0.15) is 0 Å². The molecule has 0 aliphatic heterocycles. The largest absolute Gasteiger partial charge is 0.360 e. The predicted octanol–water partition coefficient (Wildman–Crippen LogP) is 2.64. The highest BCUT2D eigenvalue weighted by Gasteiger charge is 2.24. The highest BCUT2D eigenvalue weighted by atomic mass is 32.2. The quantitative estimate of drug-likeness (QED) is 0.804. The Kier molecular flexibility index (Phi) is 3.13. The molecule has 3 rings (SSSR count). The van der Waals surface area contributed by atoms with Crippen molar-refractivity contribution in [1.82, 2.24) is 10.1 Å². The minimum Gasteiger partial charge on any atom is -0.360 e. The number of benzene rings is 1. The Labute approximate surface area is 121 Å². The smallest absolute Gasteiger partial charge is 0.267 e. The molecule has 6 nitrogen and oxygen atoms in total. The molecule has 0 spiro atoms. The first-order valence-electron chi connectivity index (χ1n) is 6.28. The van der Waals surface area contributed by atoms with Crippen LogP contribution in [-0.4, -0.2) is 18.6 Å². The van der Waals surface area contributed by atoms with Gasteiger partial charge in [-0.1, -0.05) is 23.4 Å². The summed E-state index contributed by atoms with van der Waals surface area (Å²) in [6.07, 6.45) is 1.48. The van der Waals surface area contributed by atoms with Crippen molar-refractivity contribution in [2.24, 2.45) is 0 Å². The van der Waals surface area contributed by atoms with E-state index in [1.165, 1.54) is 6.20 Å². The second-order valence-electron chi connectivity index (χ2n) is 4.68. The van der Waals surface area contributed by atoms with Gasteiger partial charge in [-0.25, -0.2) is 8.42 Å². The third-order valence-electron chi connectivity index (χ3n) is 3.08. The van der Waals surface area contributed by atoms with Crippen molar-refractivity contribution < 1.29 is 12.9 Å². The maximum atomic E-state index is 12.4. The zero-order valence-corrected chi connectivity index (χ0v) is 12.3. The molecule has 0 atom stereocenters. The van der Waals surface area contributed by atoms with Gasteiger partial charge in [0.15, 0.2) is 10.7 Å². The van der Waals surface area contributed by atoms with E-state index in [-0.39, 0.29) is 10.7 Å². The Morgan fingerprint density at radius 3 is 2.67 bits per heavy atom. The molecule has 21 heavy (non-hydrogen) atoms. The Morgan fingerprint density at radius 1 is 1.19 bits per heavy atom. The standard InChI is InChI=1S/C14H13N3O3S/c1-9-14(10(2)20-16-9)21(18,19)17-12-7-11-5-3-4-6-13(11)15-8-12/h3-8,17H,1-2H3. The average molecular weight is 303 g/mol. The van der Waals surface area contributed by atoms with Crippen LogP contribution in [0.2, 0.25) is 0 Å². The van der Waals surface area contributed by atoms with Gasteiger partial charge in [-0.3, -0.25) is 9.71 Å². The molecule has 2 aromatic heterocycles. The molecule has 3 aromatic rings. The maximum absolute atomic E-state index is 12.4. The van der Waals surface area contributed by atoms with E-state index in [0.29, 0.717) is 11.4 Å². The van der Waals surface area contributed by atoms with Crippen molar-refractivity contribution >= 4 is 26.6 Å². The number of rotatable bonds is 3. The molecule has 7 heteroatoms. The first-order valence-corrected chi connectivity index (χ1v) is 7.76. The molecular weight excluding hydrogens is 290 g/mol. The van der Waals surface area contributed by atoms with Gasteiger partial charge in [0.2, 0.25) is 0 Å². The number of nitrogens with one attached hydrogen (secondary N) is 1. The summed E-state index contributed by atoms with van der Waals surface area (Å²) in [7, 11) is -3.75. The van der Waals surface area contributed by atoms with Crippen molar-refractivity contribution in [3.05, 3.63) is 48.0 Å². The SMILES string of the molecule is Cc1noc(C)c1S(=O)(=O)Nc1cnc2ccccc2c1. The molecule has 0 saturated carbocycles. The zero-order chi connectivity index (χ0) is 15.0. The molecule has 1 aromatic carbocycles. The summed E-state index contributed by atoms with van der Waals surface area (Å²) in [6.45, 7) is 3.15. The molecule has 0 unspecified atom stereocenters. The second kappa shape index (κ2) is 4.85. The van der Waals surface area contributed by atoms with E-state index in [1.54, 1.807) is 19.9 Å². The molecule has 1 N–H and O–H groups in total. The number of anilines is 1. The minimum atomic E-state index is -3.75. The number of aryl methyl sites for hydroxylation is 2. The number of hydrogen-bond donors (Lipinski definition) is 1. The van der Waals surface area contributed by atoms with Crippen molar-refractivity contribution in [2.75, 3.05) is 4.72 Å². The first kappa shape index (κ1) is 13.6. The van der Waals surface area contributed by atoms with E-state index in [0.717, 1.165) is 10.9 Å². The third kappa shape index (κ3) is 2.47. The van der Waals surface area contributed by atoms with Crippen LogP contribution in [0.15, 0.2) is 45.9 Å². The van der Waals surface area contributed by atoms with Crippen LogP contribution in [0.25, 0.3) is 10.9 Å². The summed E-state index contributed by atoms with van der Waals surface area (Å²) in [5.41, 5.74) is 1.53. The molecule has 0 aliphatic carbocycles. The van der Waals surface area contributed by atoms with Gasteiger partial charge >= 0.3 is 0 Å². The van der Waals surface area contributed by atoms with Gasteiger partial charge in [0.1, 0.15) is 5.69 Å². The molecule has 0 bridgehead atoms. The number of nitrogens with zero attached hydrogens (tertiary/aromatic N) is 2. The van der Waals surface area contributed by atoms with Crippen LogP contribution in [0.4, 0.5) is 5.69 Å². The highest BCUT2D eigenvalue weighted by molar-refractivity contribution is 7.92. The van der Waals surface area contributed by atoms with Crippen LogP contribution in [0.3, 0.4) is 0 Å². The zero-order valence-electron chi connectivity index (χ0n) is 11.5. The summed E-state index contributed by atoms with van der Waals surface area (Å²) >= 11 is 0. The molecular formula is C14H13N3O3S. The highest BCUT2D eigenvalue weighted by Crippen LogP contribution is 2.23. The fourth-order valence-corrected chi connectivity index (χ4v) is 3.56. The predicted molar refractivity (Wildman–Crippen MR) is 78.5 cm³/mol. The number of hydrogen-bond acceptors (Lipinski definition) is 5. The first-order chi connectivity index (χ1) is 9.97. The van der Waals surface area contributed by atoms with Crippen LogP contribution >= 0.6 is 0 Å². The van der Waals surface area contributed by atoms with E-state index in [2.05, 4.69) is 14.9 Å². The lowest BCUT2D eigenvalue weighted by Gasteiger charge is -2.08. The number of fused-ring (bicyclic) bond motifs is 1. The molecule has 2 heterocycles. The molecule has 0 amide bonds. The number of para-hydroxylation sites is 1. The van der Waals surface area contributed by atoms with Gasteiger partial charge in [0.05, 0.1) is 17.4 Å². The van der Waals surface area contributed by atoms with E-state index >= 15 is 0 Å². The Hall–Kier alpha value is -2.41. The molecule has 108 valence electrons. The van der Waals surface area contributed by atoms with Gasteiger partial charge in [0.25, 0.3) is 10.0 Å². The van der Waals surface area contributed by atoms with Crippen LogP contribution in [-0.2, 0) is 10.0 Å². The summed E-state index contributed by atoms with van der Waals surface area (Å²) in [6, 6.07) is 9.22. The Balaban J connectivity index is 2.01. The number of aromatic nitrogens is 2. The monoisotopic (exact) mass is 303 g/mol. The topological polar surface area (TPSA) is 85.1 Å². The second-order valence-corrected chi connectivity index (χ2v) is 6.29. The van der Waals surface area contributed by atoms with Crippen LogP contribution < -0.4 is 4.72 Å². The molecule has 0 saturated heterocycles. The molecule has 0 fully saturated rings. The van der Waals surface area contributed by atoms with E-state index in [4.69, 9.17) is 4.52 Å². The third-order valence-corrected chi connectivity index (χ3v) is 4.70. The summed E-state index contributed by atoms with van der Waals surface area (Å²) in [5.74, 6) is 0.258. The van der Waals surface area contributed by atoms with Gasteiger partial charge in [0, 0.05) is 5.39 Å². The van der Waals surface area contributed by atoms with Crippen LogP contribution in [0, 0.1) is 13.8 Å². The van der Waals surface area contributed by atoms with Crippen molar-refractivity contribution in [3.8, 4) is 0 Å². The van der Waals surface area contributed by atoms with Gasteiger partial charge in [-0.15, -0.1) is 0 Å². The Bertz CT molecular complexity index is 897. The molecule has 0 radical (unpaired) electrons. The van der Waals surface area contributed by atoms with Crippen molar-refractivity contribution in [3.63, 3.8) is 0 Å². The minimum absolute atomic E-state index is 0.0654. The van der Waals surface area contributed by atoms with E-state index in [9.17, 15) is 8.42 Å². The normalized spacial score (nSPS) is 11.7. The van der Waals surface area contributed by atoms with Crippen LogP contribution in [0.1, 0.15) is 11.5 Å². The fraction of sp³-hybridized carbons (Fsp3) is 0.143. The van der Waals surface area contributed by atoms with Crippen LogP contribution in [0.5, 0.6) is 0 Å². The van der Waals surface area contributed by atoms with Crippen molar-refractivity contribution in [1.29, 1.82) is 0 Å². The Morgan fingerprint density at radius 2 is 1.95 bits per heavy atom. The lowest BCUT2D eigenvalue weighted by Crippen LogP contribution is -2.14. The van der Waals surface area contributed by atoms with Crippen molar-refractivity contribution in [2.45, 2.75) is 18.7 Å². The van der Waals surface area contributed by atoms with E-state index in [1.807, 2.05) is 24.3 Å². The summed E-state index contributed by atoms with van der Waals surface area (Å²) in [4.78, 5) is 4.29. The van der Waals surface area contributed by atoms with Gasteiger partial charge < -0.3 is 4.52 Å². The number of pyridine rings is 1. The fourth-order valence-electron chi connectivity index (χ4n) is 2.19. The summed E-state index contributed by atoms with van der Waals surface area (Å²) < 4.78 is 32.2. The van der Waals surface area contributed by atoms with E-state index < -0.39 is 10.0 Å². The maximum Gasteiger partial charge on any atom is 0.267 e.